The molecule has 0 saturated carbocycles. The molecule has 4 nitrogen and oxygen atoms in total. The van der Waals surface area contributed by atoms with Crippen molar-refractivity contribution in [1.82, 2.24) is 9.97 Å². The van der Waals surface area contributed by atoms with E-state index in [0.717, 1.165) is 13.0 Å². The van der Waals surface area contributed by atoms with Gasteiger partial charge in [0.1, 0.15) is 11.0 Å². The molecule has 0 radical (unpaired) electrons. The van der Waals surface area contributed by atoms with Gasteiger partial charge in [0.15, 0.2) is 0 Å². The van der Waals surface area contributed by atoms with Crippen molar-refractivity contribution in [1.29, 1.82) is 0 Å². The molecule has 1 rings (SSSR count). The van der Waals surface area contributed by atoms with Crippen LogP contribution in [0.25, 0.3) is 0 Å². The maximum absolute atomic E-state index is 5.74. The van der Waals surface area contributed by atoms with Gasteiger partial charge in [-0.3, -0.25) is 0 Å². The fraction of sp³-hybridized carbons (Fsp3) is 0.500. The molecule has 13 heavy (non-hydrogen) atoms. The van der Waals surface area contributed by atoms with Crippen LogP contribution in [-0.4, -0.2) is 23.6 Å². The minimum absolute atomic E-state index is 0.380. The smallest absolute Gasteiger partial charge is 0.228 e. The van der Waals surface area contributed by atoms with Crippen molar-refractivity contribution in [3.8, 4) is 0 Å². The number of anilines is 2. The average Bonchev–Trinajstić information content (AvgIpc) is 2.03. The van der Waals surface area contributed by atoms with Gasteiger partial charge in [-0.2, -0.15) is 4.98 Å². The van der Waals surface area contributed by atoms with Gasteiger partial charge < -0.3 is 10.6 Å². The Kier molecular flexibility index (Phi) is 3.31. The number of halogens is 1. The molecule has 1 aromatic heterocycles. The van der Waals surface area contributed by atoms with Crippen LogP contribution in [0.3, 0.4) is 0 Å². The number of rotatable bonds is 3. The molecule has 0 fully saturated rings. The lowest BCUT2D eigenvalue weighted by Crippen LogP contribution is -2.20. The first-order valence-electron chi connectivity index (χ1n) is 4.14. The molecular formula is C8H13ClN4. The van der Waals surface area contributed by atoms with E-state index in [1.54, 1.807) is 0 Å². The van der Waals surface area contributed by atoms with Crippen molar-refractivity contribution in [2.24, 2.45) is 0 Å². The highest BCUT2D eigenvalue weighted by Crippen LogP contribution is 2.14. The summed E-state index contributed by atoms with van der Waals surface area (Å²) in [5, 5.41) is 0.380. The highest BCUT2D eigenvalue weighted by molar-refractivity contribution is 6.29. The number of nitrogens with zero attached hydrogens (tertiary/aromatic N) is 3. The van der Waals surface area contributed by atoms with Gasteiger partial charge in [0, 0.05) is 19.7 Å². The Balaban J connectivity index is 2.87. The molecule has 0 aliphatic rings. The second kappa shape index (κ2) is 4.28. The van der Waals surface area contributed by atoms with Crippen LogP contribution in [0.4, 0.5) is 11.8 Å². The zero-order valence-corrected chi connectivity index (χ0v) is 8.54. The van der Waals surface area contributed by atoms with Crippen LogP contribution in [-0.2, 0) is 0 Å². The topological polar surface area (TPSA) is 55.0 Å². The summed E-state index contributed by atoms with van der Waals surface area (Å²) < 4.78 is 0. The van der Waals surface area contributed by atoms with Gasteiger partial charge in [0.25, 0.3) is 0 Å². The van der Waals surface area contributed by atoms with E-state index in [4.69, 9.17) is 17.3 Å². The summed E-state index contributed by atoms with van der Waals surface area (Å²) in [5.74, 6) is 0.977. The van der Waals surface area contributed by atoms with Crippen molar-refractivity contribution >= 4 is 23.4 Å². The Morgan fingerprint density at radius 3 is 2.77 bits per heavy atom. The van der Waals surface area contributed by atoms with Crippen LogP contribution in [0.2, 0.25) is 5.15 Å². The lowest BCUT2D eigenvalue weighted by atomic mass is 10.4. The summed E-state index contributed by atoms with van der Waals surface area (Å²) in [7, 11) is 1.91. The fourth-order valence-corrected chi connectivity index (χ4v) is 1.22. The fourth-order valence-electron chi connectivity index (χ4n) is 1.03. The molecule has 0 bridgehead atoms. The van der Waals surface area contributed by atoms with Gasteiger partial charge in [0.05, 0.1) is 0 Å². The minimum Gasteiger partial charge on any atom is -0.383 e. The maximum Gasteiger partial charge on any atom is 0.228 e. The second-order valence-corrected chi connectivity index (χ2v) is 3.22. The molecule has 1 aromatic rings. The Morgan fingerprint density at radius 1 is 1.54 bits per heavy atom. The Labute approximate surface area is 82.7 Å². The van der Waals surface area contributed by atoms with Crippen LogP contribution in [0, 0.1) is 0 Å². The quantitative estimate of drug-likeness (QED) is 0.753. The first kappa shape index (κ1) is 10.1. The van der Waals surface area contributed by atoms with Crippen molar-refractivity contribution < 1.29 is 0 Å². The normalized spacial score (nSPS) is 10.1. The summed E-state index contributed by atoms with van der Waals surface area (Å²) in [6.45, 7) is 2.98. The van der Waals surface area contributed by atoms with Gasteiger partial charge in [-0.1, -0.05) is 18.5 Å². The molecule has 0 unspecified atom stereocenters. The largest absolute Gasteiger partial charge is 0.383 e. The summed E-state index contributed by atoms with van der Waals surface area (Å²) >= 11 is 5.74. The predicted molar refractivity (Wildman–Crippen MR) is 55.0 cm³/mol. The SMILES string of the molecule is CCCN(C)c1nc(N)cc(Cl)n1. The van der Waals surface area contributed by atoms with Crippen LogP contribution >= 0.6 is 11.6 Å². The third-order valence-electron chi connectivity index (χ3n) is 1.60. The monoisotopic (exact) mass is 200 g/mol. The second-order valence-electron chi connectivity index (χ2n) is 2.84. The first-order valence-corrected chi connectivity index (χ1v) is 4.52. The molecule has 1 heterocycles. The van der Waals surface area contributed by atoms with Crippen LogP contribution in [0.5, 0.6) is 0 Å². The zero-order valence-electron chi connectivity index (χ0n) is 7.79. The zero-order chi connectivity index (χ0) is 9.84. The van der Waals surface area contributed by atoms with Gasteiger partial charge >= 0.3 is 0 Å². The van der Waals surface area contributed by atoms with Gasteiger partial charge in [0.2, 0.25) is 5.95 Å². The summed E-state index contributed by atoms with van der Waals surface area (Å²) in [5.41, 5.74) is 5.53. The molecule has 0 amide bonds. The van der Waals surface area contributed by atoms with E-state index in [9.17, 15) is 0 Å². The standard InChI is InChI=1S/C8H13ClN4/c1-3-4-13(2)8-11-6(9)5-7(10)12-8/h5H,3-4H2,1-2H3,(H2,10,11,12). The lowest BCUT2D eigenvalue weighted by Gasteiger charge is -2.15. The van der Waals surface area contributed by atoms with Crippen molar-refractivity contribution in [3.63, 3.8) is 0 Å². The molecular weight excluding hydrogens is 188 g/mol. The minimum atomic E-state index is 0.380. The molecule has 0 aliphatic heterocycles. The van der Waals surface area contributed by atoms with Gasteiger partial charge in [-0.25, -0.2) is 4.98 Å². The van der Waals surface area contributed by atoms with E-state index in [-0.39, 0.29) is 0 Å². The van der Waals surface area contributed by atoms with Crippen molar-refractivity contribution in [3.05, 3.63) is 11.2 Å². The molecule has 0 spiro atoms. The molecule has 0 aliphatic carbocycles. The lowest BCUT2D eigenvalue weighted by molar-refractivity contribution is 0.820. The summed E-state index contributed by atoms with van der Waals surface area (Å²) in [6.07, 6.45) is 1.03. The van der Waals surface area contributed by atoms with E-state index >= 15 is 0 Å². The molecule has 0 saturated heterocycles. The van der Waals surface area contributed by atoms with E-state index < -0.39 is 0 Å². The third-order valence-corrected chi connectivity index (χ3v) is 1.80. The first-order chi connectivity index (χ1) is 6.13. The molecule has 0 atom stereocenters. The van der Waals surface area contributed by atoms with E-state index in [0.29, 0.717) is 16.9 Å². The number of hydrogen-bond donors (Lipinski definition) is 1. The predicted octanol–water partition coefficient (Wildman–Crippen LogP) is 1.56. The number of aromatic nitrogens is 2. The van der Waals surface area contributed by atoms with Crippen molar-refractivity contribution in [2.75, 3.05) is 24.2 Å². The van der Waals surface area contributed by atoms with Crippen molar-refractivity contribution in [2.45, 2.75) is 13.3 Å². The van der Waals surface area contributed by atoms with E-state index in [1.165, 1.54) is 6.07 Å². The summed E-state index contributed by atoms with van der Waals surface area (Å²) in [6, 6.07) is 1.53. The van der Waals surface area contributed by atoms with Crippen LogP contribution in [0.1, 0.15) is 13.3 Å². The molecule has 5 heteroatoms. The Hall–Kier alpha value is -1.03. The Morgan fingerprint density at radius 2 is 2.23 bits per heavy atom. The summed E-state index contributed by atoms with van der Waals surface area (Å²) in [4.78, 5) is 10.0. The van der Waals surface area contributed by atoms with Crippen LogP contribution < -0.4 is 10.6 Å². The van der Waals surface area contributed by atoms with E-state index in [2.05, 4.69) is 16.9 Å². The highest BCUT2D eigenvalue weighted by atomic mass is 35.5. The average molecular weight is 201 g/mol. The van der Waals surface area contributed by atoms with Gasteiger partial charge in [-0.05, 0) is 6.42 Å². The molecule has 0 aromatic carbocycles. The highest BCUT2D eigenvalue weighted by Gasteiger charge is 2.04. The number of nitrogen functional groups attached to an aromatic ring is 1. The number of nitrogens with two attached hydrogens (primary N) is 1. The van der Waals surface area contributed by atoms with Gasteiger partial charge in [-0.15, -0.1) is 0 Å². The number of hydrogen-bond acceptors (Lipinski definition) is 4. The Bertz CT molecular complexity index is 269. The maximum atomic E-state index is 5.74. The molecule has 2 N–H and O–H groups in total. The molecule has 72 valence electrons. The van der Waals surface area contributed by atoms with Crippen LogP contribution in [0.15, 0.2) is 6.07 Å². The third kappa shape index (κ3) is 2.73. The van der Waals surface area contributed by atoms with E-state index in [1.807, 2.05) is 11.9 Å².